The third-order valence-electron chi connectivity index (χ3n) is 3.12. The Bertz CT molecular complexity index is 887. The van der Waals surface area contributed by atoms with Crippen molar-refractivity contribution >= 4 is 30.0 Å². The van der Waals surface area contributed by atoms with Crippen LogP contribution in [0.15, 0.2) is 60.0 Å². The van der Waals surface area contributed by atoms with Crippen LogP contribution in [0.25, 0.3) is 0 Å². The molecule has 0 aliphatic rings. The average Bonchev–Trinajstić information content (AvgIpc) is 2.98. The maximum absolute atomic E-state index is 6.14. The highest BCUT2D eigenvalue weighted by Crippen LogP contribution is 2.21. The van der Waals surface area contributed by atoms with Crippen molar-refractivity contribution in [2.24, 2.45) is 5.10 Å². The minimum atomic E-state index is 0.385. The molecule has 23 heavy (non-hydrogen) atoms. The Balaban J connectivity index is 1.78. The molecule has 0 saturated carbocycles. The maximum Gasteiger partial charge on any atom is 0.216 e. The van der Waals surface area contributed by atoms with E-state index in [1.807, 2.05) is 48.5 Å². The van der Waals surface area contributed by atoms with E-state index in [1.54, 1.807) is 6.21 Å². The van der Waals surface area contributed by atoms with E-state index in [0.717, 1.165) is 11.1 Å². The van der Waals surface area contributed by atoms with Crippen LogP contribution in [-0.2, 0) is 6.61 Å². The van der Waals surface area contributed by atoms with Gasteiger partial charge in [0.25, 0.3) is 0 Å². The van der Waals surface area contributed by atoms with Gasteiger partial charge in [-0.2, -0.15) is 14.9 Å². The van der Waals surface area contributed by atoms with Crippen molar-refractivity contribution in [2.75, 3.05) is 0 Å². The number of aromatic nitrogens is 3. The fourth-order valence-electron chi connectivity index (χ4n) is 1.94. The van der Waals surface area contributed by atoms with E-state index in [-0.39, 0.29) is 0 Å². The van der Waals surface area contributed by atoms with Crippen LogP contribution in [0.5, 0.6) is 5.75 Å². The lowest BCUT2D eigenvalue weighted by atomic mass is 10.2. The van der Waals surface area contributed by atoms with Gasteiger partial charge in [0, 0.05) is 16.1 Å². The fraction of sp³-hybridized carbons (Fsp3) is 0.0625. The molecule has 3 aromatic rings. The minimum Gasteiger partial charge on any atom is -0.488 e. The normalized spacial score (nSPS) is 11.0. The van der Waals surface area contributed by atoms with Gasteiger partial charge in [-0.05, 0) is 30.4 Å². The predicted octanol–water partition coefficient (Wildman–Crippen LogP) is 4.06. The van der Waals surface area contributed by atoms with Crippen molar-refractivity contribution < 1.29 is 4.74 Å². The molecule has 0 aliphatic heterocycles. The SMILES string of the molecule is S=c1[nH]ncn1/N=C/c1ccccc1OCc1ccccc1Cl. The van der Waals surface area contributed by atoms with Gasteiger partial charge < -0.3 is 4.74 Å². The lowest BCUT2D eigenvalue weighted by molar-refractivity contribution is 0.306. The topological polar surface area (TPSA) is 55.2 Å². The van der Waals surface area contributed by atoms with Gasteiger partial charge in [0.05, 0.1) is 6.21 Å². The van der Waals surface area contributed by atoms with Crippen LogP contribution in [0.1, 0.15) is 11.1 Å². The number of aromatic amines is 1. The number of benzene rings is 2. The molecule has 3 rings (SSSR count). The summed E-state index contributed by atoms with van der Waals surface area (Å²) in [7, 11) is 0. The average molecular weight is 345 g/mol. The summed E-state index contributed by atoms with van der Waals surface area (Å²) in [6, 6.07) is 15.2. The van der Waals surface area contributed by atoms with Gasteiger partial charge in [-0.1, -0.05) is 41.9 Å². The Kier molecular flexibility index (Phi) is 4.85. The van der Waals surface area contributed by atoms with E-state index >= 15 is 0 Å². The summed E-state index contributed by atoms with van der Waals surface area (Å²) >= 11 is 11.2. The van der Waals surface area contributed by atoms with Crippen LogP contribution in [0.2, 0.25) is 5.02 Å². The van der Waals surface area contributed by atoms with Crippen LogP contribution < -0.4 is 4.74 Å². The van der Waals surface area contributed by atoms with E-state index < -0.39 is 0 Å². The summed E-state index contributed by atoms with van der Waals surface area (Å²) < 4.78 is 7.77. The van der Waals surface area contributed by atoms with Crippen molar-refractivity contribution in [3.8, 4) is 5.75 Å². The summed E-state index contributed by atoms with van der Waals surface area (Å²) in [5, 5.41) is 11.4. The molecule has 0 unspecified atom stereocenters. The zero-order valence-corrected chi connectivity index (χ0v) is 13.6. The number of hydrogen-bond acceptors (Lipinski definition) is 4. The summed E-state index contributed by atoms with van der Waals surface area (Å²) in [5.74, 6) is 0.714. The predicted molar refractivity (Wildman–Crippen MR) is 92.6 cm³/mol. The smallest absolute Gasteiger partial charge is 0.216 e. The molecule has 116 valence electrons. The van der Waals surface area contributed by atoms with E-state index in [2.05, 4.69) is 15.3 Å². The third-order valence-corrected chi connectivity index (χ3v) is 3.76. The number of halogens is 1. The molecule has 0 saturated heterocycles. The Morgan fingerprint density at radius 2 is 2.00 bits per heavy atom. The minimum absolute atomic E-state index is 0.385. The Labute approximate surface area is 143 Å². The van der Waals surface area contributed by atoms with Crippen molar-refractivity contribution in [3.63, 3.8) is 0 Å². The lowest BCUT2D eigenvalue weighted by Gasteiger charge is -2.10. The number of nitrogens with one attached hydrogen (secondary N) is 1. The van der Waals surface area contributed by atoms with E-state index in [0.29, 0.717) is 22.2 Å². The first-order valence-electron chi connectivity index (χ1n) is 6.85. The van der Waals surface area contributed by atoms with E-state index in [4.69, 9.17) is 28.6 Å². The van der Waals surface area contributed by atoms with Gasteiger partial charge >= 0.3 is 0 Å². The van der Waals surface area contributed by atoms with E-state index in [1.165, 1.54) is 11.0 Å². The standard InChI is InChI=1S/C16H13ClN4OS/c17-14-7-3-1-6-13(14)10-22-15-8-4-2-5-12(15)9-19-21-11-18-20-16(21)23/h1-9,11H,10H2,(H,20,23)/b19-9+. The van der Waals surface area contributed by atoms with Gasteiger partial charge in [-0.25, -0.2) is 0 Å². The second kappa shape index (κ2) is 7.21. The first-order valence-corrected chi connectivity index (χ1v) is 7.64. The second-order valence-electron chi connectivity index (χ2n) is 4.67. The Morgan fingerprint density at radius 1 is 1.22 bits per heavy atom. The number of para-hydroxylation sites is 1. The van der Waals surface area contributed by atoms with Gasteiger partial charge in [-0.15, -0.1) is 0 Å². The number of nitrogens with zero attached hydrogens (tertiary/aromatic N) is 3. The van der Waals surface area contributed by atoms with Gasteiger partial charge in [0.2, 0.25) is 4.77 Å². The molecular weight excluding hydrogens is 332 g/mol. The molecule has 0 spiro atoms. The molecule has 0 bridgehead atoms. The number of ether oxygens (including phenoxy) is 1. The van der Waals surface area contributed by atoms with Crippen LogP contribution in [0, 0.1) is 4.77 Å². The zero-order chi connectivity index (χ0) is 16.1. The highest BCUT2D eigenvalue weighted by molar-refractivity contribution is 7.71. The molecule has 0 atom stereocenters. The van der Waals surface area contributed by atoms with Crippen LogP contribution in [0.3, 0.4) is 0 Å². The zero-order valence-electron chi connectivity index (χ0n) is 12.0. The summed E-state index contributed by atoms with van der Waals surface area (Å²) in [4.78, 5) is 0. The van der Waals surface area contributed by atoms with Crippen molar-refractivity contribution in [2.45, 2.75) is 6.61 Å². The monoisotopic (exact) mass is 344 g/mol. The number of rotatable bonds is 5. The molecule has 0 amide bonds. The van der Waals surface area contributed by atoms with Crippen molar-refractivity contribution in [1.29, 1.82) is 0 Å². The van der Waals surface area contributed by atoms with Crippen LogP contribution in [-0.4, -0.2) is 21.1 Å². The number of hydrogen-bond donors (Lipinski definition) is 1. The molecule has 1 aromatic heterocycles. The van der Waals surface area contributed by atoms with Gasteiger partial charge in [0.15, 0.2) is 0 Å². The summed E-state index contributed by atoms with van der Waals surface area (Å²) in [5.41, 5.74) is 1.76. The maximum atomic E-state index is 6.14. The lowest BCUT2D eigenvalue weighted by Crippen LogP contribution is -1.99. The molecule has 2 aromatic carbocycles. The molecule has 1 N–H and O–H groups in total. The molecule has 0 aliphatic carbocycles. The molecular formula is C16H13ClN4OS. The molecule has 5 nitrogen and oxygen atoms in total. The van der Waals surface area contributed by atoms with Crippen molar-refractivity contribution in [3.05, 3.63) is 75.8 Å². The third kappa shape index (κ3) is 3.85. The van der Waals surface area contributed by atoms with Crippen LogP contribution in [0.4, 0.5) is 0 Å². The quantitative estimate of drug-likeness (QED) is 0.561. The Morgan fingerprint density at radius 3 is 2.78 bits per heavy atom. The van der Waals surface area contributed by atoms with Crippen molar-refractivity contribution in [1.82, 2.24) is 14.9 Å². The van der Waals surface area contributed by atoms with Crippen LogP contribution >= 0.6 is 23.8 Å². The number of H-pyrrole nitrogens is 1. The first kappa shape index (κ1) is 15.5. The molecule has 0 fully saturated rings. The highest BCUT2D eigenvalue weighted by Gasteiger charge is 2.04. The van der Waals surface area contributed by atoms with E-state index in [9.17, 15) is 0 Å². The molecule has 7 heteroatoms. The van der Waals surface area contributed by atoms with Gasteiger partial charge in [0.1, 0.15) is 18.7 Å². The highest BCUT2D eigenvalue weighted by atomic mass is 35.5. The summed E-state index contributed by atoms with van der Waals surface area (Å²) in [6.07, 6.45) is 3.18. The summed E-state index contributed by atoms with van der Waals surface area (Å²) in [6.45, 7) is 0.385. The molecule has 1 heterocycles. The first-order chi connectivity index (χ1) is 11.2. The largest absolute Gasteiger partial charge is 0.488 e. The fourth-order valence-corrected chi connectivity index (χ4v) is 2.28. The van der Waals surface area contributed by atoms with Gasteiger partial charge in [-0.3, -0.25) is 5.10 Å². The second-order valence-corrected chi connectivity index (χ2v) is 5.46. The Hall–Kier alpha value is -2.44. The molecule has 0 radical (unpaired) electrons.